The third-order valence-corrected chi connectivity index (χ3v) is 5.30. The van der Waals surface area contributed by atoms with E-state index >= 15 is 0 Å². The molecule has 8 heteroatoms. The summed E-state index contributed by atoms with van der Waals surface area (Å²) in [6.07, 6.45) is 4.52. The van der Waals surface area contributed by atoms with E-state index in [1.54, 1.807) is 13.4 Å². The number of fused-ring (bicyclic) bond motifs is 1. The Bertz CT molecular complexity index is 918. The molecule has 0 unspecified atom stereocenters. The minimum atomic E-state index is 0.775. The monoisotopic (exact) mass is 381 g/mol. The van der Waals surface area contributed by atoms with Gasteiger partial charge in [0.1, 0.15) is 17.6 Å². The molecule has 0 amide bonds. The van der Waals surface area contributed by atoms with Gasteiger partial charge in [-0.3, -0.25) is 4.90 Å². The number of anilines is 2. The summed E-state index contributed by atoms with van der Waals surface area (Å²) in [5, 5.41) is 3.07. The molecule has 1 fully saturated rings. The molecule has 0 bridgehead atoms. The Kier molecular flexibility index (Phi) is 5.57. The van der Waals surface area contributed by atoms with E-state index in [1.807, 2.05) is 19.4 Å². The smallest absolute Gasteiger partial charge is 0.165 e. The van der Waals surface area contributed by atoms with Crippen LogP contribution in [0.4, 0.5) is 11.5 Å². The lowest BCUT2D eigenvalue weighted by atomic mass is 10.2. The summed E-state index contributed by atoms with van der Waals surface area (Å²) in [6.45, 7) is 6.23. The van der Waals surface area contributed by atoms with Crippen LogP contribution in [-0.2, 0) is 6.54 Å². The van der Waals surface area contributed by atoms with Crippen molar-refractivity contribution in [2.45, 2.75) is 13.0 Å². The second-order valence-electron chi connectivity index (χ2n) is 6.97. The lowest BCUT2D eigenvalue weighted by Gasteiger charge is -2.36. The van der Waals surface area contributed by atoms with Gasteiger partial charge in [0, 0.05) is 51.5 Å². The van der Waals surface area contributed by atoms with Crippen molar-refractivity contribution < 1.29 is 4.74 Å². The fourth-order valence-corrected chi connectivity index (χ4v) is 3.73. The molecular weight excluding hydrogens is 354 g/mol. The zero-order valence-corrected chi connectivity index (χ0v) is 16.5. The highest BCUT2D eigenvalue weighted by Crippen LogP contribution is 2.22. The number of imidazole rings is 1. The average Bonchev–Trinajstić information content (AvgIpc) is 3.17. The predicted molar refractivity (Wildman–Crippen MR) is 111 cm³/mol. The van der Waals surface area contributed by atoms with Gasteiger partial charge in [-0.2, -0.15) is 0 Å². The number of piperazine rings is 1. The molecule has 4 rings (SSSR count). The lowest BCUT2D eigenvalue weighted by Crippen LogP contribution is -2.46. The molecule has 1 aliphatic heterocycles. The van der Waals surface area contributed by atoms with Crippen molar-refractivity contribution in [3.8, 4) is 5.75 Å². The quantitative estimate of drug-likeness (QED) is 0.672. The van der Waals surface area contributed by atoms with Gasteiger partial charge in [0.15, 0.2) is 11.5 Å². The van der Waals surface area contributed by atoms with Crippen LogP contribution in [0.5, 0.6) is 5.75 Å². The molecule has 0 spiro atoms. The van der Waals surface area contributed by atoms with E-state index < -0.39 is 0 Å². The van der Waals surface area contributed by atoms with E-state index in [2.05, 4.69) is 52.8 Å². The number of rotatable bonds is 7. The highest BCUT2D eigenvalue weighted by Gasteiger charge is 2.17. The standard InChI is InChI=1S/C20H27N7O/c1-21-19-18-20(23-14-22-19)27(15-24-18)8-4-7-25-9-11-26(12-10-25)16-5-3-6-17(13-16)28-2/h3,5-6,13-15H,4,7-12H2,1-2H3,(H,21,22,23). The molecule has 0 radical (unpaired) electrons. The van der Waals surface area contributed by atoms with Crippen molar-refractivity contribution in [3.63, 3.8) is 0 Å². The van der Waals surface area contributed by atoms with Gasteiger partial charge in [0.05, 0.1) is 13.4 Å². The lowest BCUT2D eigenvalue weighted by molar-refractivity contribution is 0.250. The average molecular weight is 381 g/mol. The third-order valence-electron chi connectivity index (χ3n) is 5.30. The first kappa shape index (κ1) is 18.5. The van der Waals surface area contributed by atoms with E-state index in [4.69, 9.17) is 4.74 Å². The summed E-state index contributed by atoms with van der Waals surface area (Å²) < 4.78 is 7.46. The van der Waals surface area contributed by atoms with Crippen LogP contribution in [0.1, 0.15) is 6.42 Å². The topological polar surface area (TPSA) is 71.3 Å². The number of benzene rings is 1. The first-order chi connectivity index (χ1) is 13.8. The molecule has 1 N–H and O–H groups in total. The van der Waals surface area contributed by atoms with E-state index in [9.17, 15) is 0 Å². The molecule has 2 aromatic heterocycles. The Morgan fingerprint density at radius 3 is 2.71 bits per heavy atom. The summed E-state index contributed by atoms with van der Waals surface area (Å²) in [5.41, 5.74) is 2.96. The van der Waals surface area contributed by atoms with Crippen molar-refractivity contribution in [2.75, 3.05) is 57.1 Å². The minimum absolute atomic E-state index is 0.775. The molecule has 148 valence electrons. The second kappa shape index (κ2) is 8.43. The van der Waals surface area contributed by atoms with Crippen molar-refractivity contribution in [1.82, 2.24) is 24.4 Å². The Balaban J connectivity index is 1.28. The predicted octanol–water partition coefficient (Wildman–Crippen LogP) is 2.09. The largest absolute Gasteiger partial charge is 0.497 e. The third kappa shape index (κ3) is 3.87. The Hall–Kier alpha value is -2.87. The molecule has 0 atom stereocenters. The SMILES string of the molecule is CNc1ncnc2c1ncn2CCCN1CCN(c2cccc(OC)c2)CC1. The summed E-state index contributed by atoms with van der Waals surface area (Å²) >= 11 is 0. The van der Waals surface area contributed by atoms with Gasteiger partial charge in [-0.15, -0.1) is 0 Å². The van der Waals surface area contributed by atoms with E-state index in [0.717, 1.165) is 68.4 Å². The molecule has 0 aliphatic carbocycles. The van der Waals surface area contributed by atoms with Gasteiger partial charge >= 0.3 is 0 Å². The Labute approximate surface area is 165 Å². The molecule has 1 aromatic carbocycles. The normalized spacial score (nSPS) is 15.1. The van der Waals surface area contributed by atoms with Gasteiger partial charge in [-0.1, -0.05) is 6.07 Å². The zero-order chi connectivity index (χ0) is 19.3. The molecule has 1 aliphatic rings. The summed E-state index contributed by atoms with van der Waals surface area (Å²) in [6, 6.07) is 8.31. The van der Waals surface area contributed by atoms with Gasteiger partial charge < -0.3 is 19.5 Å². The van der Waals surface area contributed by atoms with Gasteiger partial charge in [-0.05, 0) is 25.1 Å². The van der Waals surface area contributed by atoms with Crippen molar-refractivity contribution >= 4 is 22.7 Å². The maximum Gasteiger partial charge on any atom is 0.165 e. The molecule has 1 saturated heterocycles. The van der Waals surface area contributed by atoms with Crippen molar-refractivity contribution in [1.29, 1.82) is 0 Å². The fourth-order valence-electron chi connectivity index (χ4n) is 3.73. The number of ether oxygens (including phenoxy) is 1. The number of nitrogens with one attached hydrogen (secondary N) is 1. The molecule has 0 saturated carbocycles. The maximum absolute atomic E-state index is 5.34. The molecular formula is C20H27N7O. The molecule has 8 nitrogen and oxygen atoms in total. The highest BCUT2D eigenvalue weighted by molar-refractivity contribution is 5.82. The highest BCUT2D eigenvalue weighted by atomic mass is 16.5. The van der Waals surface area contributed by atoms with Gasteiger partial charge in [-0.25, -0.2) is 15.0 Å². The molecule has 28 heavy (non-hydrogen) atoms. The van der Waals surface area contributed by atoms with Crippen LogP contribution in [0, 0.1) is 0 Å². The first-order valence-corrected chi connectivity index (χ1v) is 9.73. The Morgan fingerprint density at radius 1 is 1.07 bits per heavy atom. The van der Waals surface area contributed by atoms with Crippen LogP contribution in [0.3, 0.4) is 0 Å². The van der Waals surface area contributed by atoms with E-state index in [0.29, 0.717) is 0 Å². The van der Waals surface area contributed by atoms with E-state index in [1.165, 1.54) is 5.69 Å². The van der Waals surface area contributed by atoms with Crippen LogP contribution in [0.25, 0.3) is 11.2 Å². The number of hydrogen-bond acceptors (Lipinski definition) is 7. The van der Waals surface area contributed by atoms with E-state index in [-0.39, 0.29) is 0 Å². The zero-order valence-electron chi connectivity index (χ0n) is 16.5. The number of nitrogens with zero attached hydrogens (tertiary/aromatic N) is 6. The van der Waals surface area contributed by atoms with Crippen LogP contribution in [0.2, 0.25) is 0 Å². The summed E-state index contributed by atoms with van der Waals surface area (Å²) in [5.74, 6) is 1.69. The van der Waals surface area contributed by atoms with Crippen LogP contribution in [0.15, 0.2) is 36.9 Å². The number of methoxy groups -OCH3 is 1. The van der Waals surface area contributed by atoms with Crippen LogP contribution in [-0.4, -0.2) is 71.3 Å². The summed E-state index contributed by atoms with van der Waals surface area (Å²) in [4.78, 5) is 18.0. The first-order valence-electron chi connectivity index (χ1n) is 9.73. The number of hydrogen-bond donors (Lipinski definition) is 1. The van der Waals surface area contributed by atoms with Crippen molar-refractivity contribution in [3.05, 3.63) is 36.9 Å². The second-order valence-corrected chi connectivity index (χ2v) is 6.97. The number of aromatic nitrogens is 4. The maximum atomic E-state index is 5.34. The van der Waals surface area contributed by atoms with Crippen LogP contribution >= 0.6 is 0 Å². The molecule has 3 aromatic rings. The van der Waals surface area contributed by atoms with Gasteiger partial charge in [0.2, 0.25) is 0 Å². The summed E-state index contributed by atoms with van der Waals surface area (Å²) in [7, 11) is 3.57. The number of aryl methyl sites for hydroxylation is 1. The Morgan fingerprint density at radius 2 is 1.93 bits per heavy atom. The van der Waals surface area contributed by atoms with Gasteiger partial charge in [0.25, 0.3) is 0 Å². The fraction of sp³-hybridized carbons (Fsp3) is 0.450. The molecule has 3 heterocycles. The van der Waals surface area contributed by atoms with Crippen molar-refractivity contribution in [2.24, 2.45) is 0 Å². The van der Waals surface area contributed by atoms with Crippen LogP contribution < -0.4 is 15.0 Å². The minimum Gasteiger partial charge on any atom is -0.497 e.